The van der Waals surface area contributed by atoms with Gasteiger partial charge in [-0.05, 0) is 54.4 Å². The predicted octanol–water partition coefficient (Wildman–Crippen LogP) is 5.73. The molecule has 0 heterocycles. The molecular weight excluding hydrogens is 442 g/mol. The Hall–Kier alpha value is -4.62. The summed E-state index contributed by atoms with van der Waals surface area (Å²) in [5.74, 6) is -1.33. The molecule has 1 amide bonds. The van der Waals surface area contributed by atoms with Crippen LogP contribution in [0.5, 0.6) is 0 Å². The minimum atomic E-state index is -1.97. The van der Waals surface area contributed by atoms with Crippen molar-refractivity contribution in [3.63, 3.8) is 0 Å². The van der Waals surface area contributed by atoms with Gasteiger partial charge < -0.3 is 9.94 Å². The van der Waals surface area contributed by atoms with E-state index in [-0.39, 0.29) is 0 Å². The van der Waals surface area contributed by atoms with Gasteiger partial charge in [0.25, 0.3) is 0 Å². The lowest BCUT2D eigenvalue weighted by Gasteiger charge is -2.25. The fraction of sp³-hybridized carbons (Fsp3) is 0.0714. The van der Waals surface area contributed by atoms with Crippen molar-refractivity contribution in [2.45, 2.75) is 12.5 Å². The Morgan fingerprint density at radius 3 is 1.97 bits per heavy atom. The minimum Gasteiger partial charge on any atom is -0.372 e. The van der Waals surface area contributed by atoms with Crippen LogP contribution in [-0.2, 0) is 15.2 Å². The summed E-state index contributed by atoms with van der Waals surface area (Å²) >= 11 is 0. The third-order valence-electron chi connectivity index (χ3n) is 5.33. The molecule has 0 saturated heterocycles. The number of amides is 1. The van der Waals surface area contributed by atoms with Gasteiger partial charge in [0.2, 0.25) is 0 Å². The van der Waals surface area contributed by atoms with Crippen LogP contribution in [0.3, 0.4) is 0 Å². The molecule has 0 spiro atoms. The highest BCUT2D eigenvalue weighted by atomic mass is 16.7. The number of benzene rings is 4. The number of nitrogens with zero attached hydrogens (tertiary/aromatic N) is 2. The first-order valence-electron chi connectivity index (χ1n) is 10.9. The number of hydrogen-bond acceptors (Lipinski definition) is 6. The Bertz CT molecular complexity index is 1300. The molecule has 2 N–H and O–H groups in total. The molecule has 35 heavy (non-hydrogen) atoms. The average Bonchev–Trinajstić information content (AvgIpc) is 2.91. The lowest BCUT2D eigenvalue weighted by Crippen LogP contribution is -2.35. The molecule has 7 heteroatoms. The molecule has 0 saturated carbocycles. The first kappa shape index (κ1) is 23.5. The van der Waals surface area contributed by atoms with Gasteiger partial charge in [-0.25, -0.2) is 10.3 Å². The Kier molecular flexibility index (Phi) is 7.09. The summed E-state index contributed by atoms with van der Waals surface area (Å²) in [4.78, 5) is 30.3. The molecule has 0 atom stereocenters. The minimum absolute atomic E-state index is 0.386. The predicted molar refractivity (Wildman–Crippen MR) is 132 cm³/mol. The molecule has 0 fully saturated rings. The summed E-state index contributed by atoms with van der Waals surface area (Å²) in [5.41, 5.74) is 3.70. The maximum Gasteiger partial charge on any atom is 0.362 e. The molecule has 0 bridgehead atoms. The summed E-state index contributed by atoms with van der Waals surface area (Å²) in [5, 5.41) is 19.2. The van der Waals surface area contributed by atoms with Gasteiger partial charge in [-0.1, -0.05) is 78.4 Å². The number of carbonyl (C=O) groups is 2. The van der Waals surface area contributed by atoms with Crippen LogP contribution in [0.4, 0.5) is 11.4 Å². The van der Waals surface area contributed by atoms with Crippen LogP contribution in [-0.4, -0.2) is 17.0 Å². The SMILES string of the molecule is Cc1cccc(C(=O)ONc2ccc(N=NC(=O)C(O)(c3ccccc3)c3ccccc3)cc2)c1. The van der Waals surface area contributed by atoms with Crippen molar-refractivity contribution in [2.24, 2.45) is 10.2 Å². The highest BCUT2D eigenvalue weighted by Gasteiger charge is 2.40. The van der Waals surface area contributed by atoms with Crippen LogP contribution < -0.4 is 5.48 Å². The van der Waals surface area contributed by atoms with Crippen molar-refractivity contribution in [1.29, 1.82) is 0 Å². The van der Waals surface area contributed by atoms with Crippen molar-refractivity contribution in [3.05, 3.63) is 131 Å². The largest absolute Gasteiger partial charge is 0.372 e. The maximum atomic E-state index is 13.1. The van der Waals surface area contributed by atoms with Crippen LogP contribution in [0.15, 0.2) is 119 Å². The normalized spacial score (nSPS) is 11.3. The van der Waals surface area contributed by atoms with Crippen LogP contribution in [0, 0.1) is 6.92 Å². The highest BCUT2D eigenvalue weighted by Crippen LogP contribution is 2.31. The van der Waals surface area contributed by atoms with Gasteiger partial charge in [0.15, 0.2) is 5.60 Å². The van der Waals surface area contributed by atoms with Gasteiger partial charge in [-0.3, -0.25) is 4.79 Å². The van der Waals surface area contributed by atoms with Gasteiger partial charge in [-0.15, -0.1) is 10.2 Å². The summed E-state index contributed by atoms with van der Waals surface area (Å²) in [6.45, 7) is 1.89. The molecule has 0 aliphatic carbocycles. The van der Waals surface area contributed by atoms with Gasteiger partial charge in [0, 0.05) is 0 Å². The third-order valence-corrected chi connectivity index (χ3v) is 5.33. The zero-order valence-electron chi connectivity index (χ0n) is 19.0. The molecule has 4 aromatic carbocycles. The van der Waals surface area contributed by atoms with E-state index in [1.807, 2.05) is 13.0 Å². The summed E-state index contributed by atoms with van der Waals surface area (Å²) in [6, 6.07) is 30.8. The van der Waals surface area contributed by atoms with Gasteiger partial charge in [0.05, 0.1) is 16.9 Å². The van der Waals surface area contributed by atoms with E-state index in [0.717, 1.165) is 5.56 Å². The van der Waals surface area contributed by atoms with E-state index in [2.05, 4.69) is 15.7 Å². The number of aryl methyl sites for hydroxylation is 1. The number of rotatable bonds is 7. The fourth-order valence-electron chi connectivity index (χ4n) is 3.48. The topological polar surface area (TPSA) is 100 Å². The van der Waals surface area contributed by atoms with Crippen LogP contribution >= 0.6 is 0 Å². The second-order valence-corrected chi connectivity index (χ2v) is 7.86. The van der Waals surface area contributed by atoms with Gasteiger partial charge in [-0.2, -0.15) is 0 Å². The first-order valence-corrected chi connectivity index (χ1v) is 10.9. The molecule has 0 aromatic heterocycles. The lowest BCUT2D eigenvalue weighted by atomic mass is 9.86. The highest BCUT2D eigenvalue weighted by molar-refractivity contribution is 5.91. The summed E-state index contributed by atoms with van der Waals surface area (Å²) < 4.78 is 0. The third kappa shape index (κ3) is 5.48. The van der Waals surface area contributed by atoms with Crippen molar-refractivity contribution in [2.75, 3.05) is 5.48 Å². The molecule has 0 unspecified atom stereocenters. The van der Waals surface area contributed by atoms with Crippen LogP contribution in [0.2, 0.25) is 0 Å². The Labute approximate surface area is 202 Å². The molecule has 0 aliphatic heterocycles. The van der Waals surface area contributed by atoms with E-state index in [1.54, 1.807) is 103 Å². The molecule has 4 aromatic rings. The van der Waals surface area contributed by atoms with Crippen molar-refractivity contribution >= 4 is 23.3 Å². The van der Waals surface area contributed by atoms with Gasteiger partial charge in [0.1, 0.15) is 0 Å². The quantitative estimate of drug-likeness (QED) is 0.268. The van der Waals surface area contributed by atoms with E-state index >= 15 is 0 Å². The molecular formula is C28H23N3O4. The number of anilines is 1. The van der Waals surface area contributed by atoms with E-state index in [0.29, 0.717) is 28.1 Å². The number of hydrogen-bond donors (Lipinski definition) is 2. The average molecular weight is 466 g/mol. The van der Waals surface area contributed by atoms with E-state index in [9.17, 15) is 14.7 Å². The van der Waals surface area contributed by atoms with Crippen LogP contribution in [0.1, 0.15) is 27.0 Å². The smallest absolute Gasteiger partial charge is 0.362 e. The van der Waals surface area contributed by atoms with E-state index in [1.165, 1.54) is 0 Å². The molecule has 174 valence electrons. The molecule has 0 radical (unpaired) electrons. The first-order chi connectivity index (χ1) is 17.0. The maximum absolute atomic E-state index is 13.1. The van der Waals surface area contributed by atoms with Crippen molar-refractivity contribution in [3.8, 4) is 0 Å². The van der Waals surface area contributed by atoms with Gasteiger partial charge >= 0.3 is 11.9 Å². The summed E-state index contributed by atoms with van der Waals surface area (Å²) in [6.07, 6.45) is 0. The standard InChI is InChI=1S/C28H23N3O4/c1-20-9-8-10-21(19-20)26(32)35-31-25-17-15-24(16-18-25)29-30-27(33)28(34,22-11-4-2-5-12-22)23-13-6-3-7-14-23/h2-19,31,34H,1H3. The van der Waals surface area contributed by atoms with Crippen molar-refractivity contribution in [1.82, 2.24) is 0 Å². The zero-order valence-corrected chi connectivity index (χ0v) is 19.0. The Balaban J connectivity index is 1.46. The molecule has 0 aliphatic rings. The second-order valence-electron chi connectivity index (χ2n) is 7.86. The second kappa shape index (κ2) is 10.5. The zero-order chi connectivity index (χ0) is 24.7. The monoisotopic (exact) mass is 465 g/mol. The van der Waals surface area contributed by atoms with E-state index in [4.69, 9.17) is 4.84 Å². The number of nitrogens with one attached hydrogen (secondary N) is 1. The molecule has 4 rings (SSSR count). The van der Waals surface area contributed by atoms with Crippen molar-refractivity contribution < 1.29 is 19.5 Å². The number of azo groups is 1. The number of aliphatic hydroxyl groups is 1. The Morgan fingerprint density at radius 1 is 0.800 bits per heavy atom. The van der Waals surface area contributed by atoms with Crippen LogP contribution in [0.25, 0.3) is 0 Å². The number of carbonyl (C=O) groups excluding carboxylic acids is 2. The fourth-order valence-corrected chi connectivity index (χ4v) is 3.48. The van der Waals surface area contributed by atoms with E-state index < -0.39 is 17.5 Å². The Morgan fingerprint density at radius 2 is 1.40 bits per heavy atom. The summed E-state index contributed by atoms with van der Waals surface area (Å²) in [7, 11) is 0. The molecule has 7 nitrogen and oxygen atoms in total. The lowest BCUT2D eigenvalue weighted by molar-refractivity contribution is -0.133.